The maximum atomic E-state index is 13.3. The van der Waals surface area contributed by atoms with E-state index in [4.69, 9.17) is 4.74 Å². The summed E-state index contributed by atoms with van der Waals surface area (Å²) >= 11 is 0. The topological polar surface area (TPSA) is 96.5 Å². The quantitative estimate of drug-likeness (QED) is 0.730. The number of carbonyl (C=O) groups excluding carboxylic acids is 2. The van der Waals surface area contributed by atoms with Gasteiger partial charge in [0.15, 0.2) is 0 Å². The lowest BCUT2D eigenvalue weighted by Crippen LogP contribution is -2.22. The van der Waals surface area contributed by atoms with Crippen LogP contribution >= 0.6 is 0 Å². The van der Waals surface area contributed by atoms with E-state index < -0.39 is 15.8 Å². The Labute approximate surface area is 159 Å². The molecular formula is C19H24N2O5S. The first-order valence-electron chi connectivity index (χ1n) is 8.58. The number of aryl methyl sites for hydroxylation is 2. The molecule has 1 N–H and O–H groups in total. The molecule has 0 spiro atoms. The second-order valence-corrected chi connectivity index (χ2v) is 8.13. The lowest BCUT2D eigenvalue weighted by Gasteiger charge is -2.13. The van der Waals surface area contributed by atoms with Gasteiger partial charge in [-0.25, -0.2) is 13.2 Å². The first-order chi connectivity index (χ1) is 12.7. The number of sulfone groups is 1. The molecule has 8 heteroatoms. The Balaban J connectivity index is 2.48. The third-order valence-electron chi connectivity index (χ3n) is 4.14. The summed E-state index contributed by atoms with van der Waals surface area (Å²) in [5.41, 5.74) is 0.970. The fourth-order valence-electron chi connectivity index (χ4n) is 2.78. The maximum absolute atomic E-state index is 13.3. The molecular weight excluding hydrogens is 368 g/mol. The molecule has 0 aliphatic heterocycles. The van der Waals surface area contributed by atoms with Gasteiger partial charge in [-0.05, 0) is 38.0 Å². The number of esters is 1. The zero-order valence-electron chi connectivity index (χ0n) is 15.9. The van der Waals surface area contributed by atoms with Gasteiger partial charge >= 0.3 is 5.97 Å². The van der Waals surface area contributed by atoms with E-state index in [1.807, 2.05) is 0 Å². The molecule has 2 aromatic rings. The van der Waals surface area contributed by atoms with Gasteiger partial charge < -0.3 is 14.6 Å². The fourth-order valence-corrected chi connectivity index (χ4v) is 4.67. The molecule has 0 unspecified atom stereocenters. The van der Waals surface area contributed by atoms with Gasteiger partial charge in [-0.15, -0.1) is 0 Å². The average molecular weight is 392 g/mol. The predicted octanol–water partition coefficient (Wildman–Crippen LogP) is 2.35. The average Bonchev–Trinajstić information content (AvgIpc) is 3.01. The summed E-state index contributed by atoms with van der Waals surface area (Å²) in [7, 11) is -0.675. The van der Waals surface area contributed by atoms with Crippen LogP contribution in [0.5, 0.6) is 0 Å². The molecule has 27 heavy (non-hydrogen) atoms. The molecule has 0 aliphatic carbocycles. The van der Waals surface area contributed by atoms with E-state index in [-0.39, 0.29) is 40.7 Å². The Kier molecular flexibility index (Phi) is 6.43. The van der Waals surface area contributed by atoms with Crippen LogP contribution in [0.2, 0.25) is 0 Å². The highest BCUT2D eigenvalue weighted by molar-refractivity contribution is 7.91. The van der Waals surface area contributed by atoms with Crippen LogP contribution in [-0.4, -0.2) is 50.9 Å². The van der Waals surface area contributed by atoms with Crippen LogP contribution in [0.4, 0.5) is 0 Å². The van der Waals surface area contributed by atoms with Gasteiger partial charge in [0.25, 0.3) is 0 Å². The van der Waals surface area contributed by atoms with Crippen LogP contribution in [0.3, 0.4) is 0 Å². The summed E-state index contributed by atoms with van der Waals surface area (Å²) in [6.07, 6.45) is 2.06. The Morgan fingerprint density at radius 2 is 1.85 bits per heavy atom. The molecule has 0 saturated carbocycles. The van der Waals surface area contributed by atoms with Crippen molar-refractivity contribution in [3.8, 4) is 0 Å². The zero-order chi connectivity index (χ0) is 20.2. The van der Waals surface area contributed by atoms with Gasteiger partial charge in [0.05, 0.1) is 22.0 Å². The second-order valence-electron chi connectivity index (χ2n) is 6.28. The zero-order valence-corrected chi connectivity index (χ0v) is 16.7. The molecule has 0 bridgehead atoms. The Bertz CT molecular complexity index is 945. The number of nitrogens with zero attached hydrogens (tertiary/aromatic N) is 1. The van der Waals surface area contributed by atoms with Gasteiger partial charge in [0, 0.05) is 32.4 Å². The fraction of sp³-hybridized carbons (Fsp3) is 0.368. The molecule has 0 atom stereocenters. The minimum atomic E-state index is -3.98. The lowest BCUT2D eigenvalue weighted by molar-refractivity contribution is -0.128. The van der Waals surface area contributed by atoms with Crippen LogP contribution in [0, 0.1) is 6.92 Å². The molecule has 1 aromatic heterocycles. The number of amides is 1. The highest BCUT2D eigenvalue weighted by Crippen LogP contribution is 2.30. The van der Waals surface area contributed by atoms with Crippen LogP contribution in [0.25, 0.3) is 0 Å². The van der Waals surface area contributed by atoms with Crippen molar-refractivity contribution in [3.63, 3.8) is 0 Å². The summed E-state index contributed by atoms with van der Waals surface area (Å²) < 4.78 is 31.6. The predicted molar refractivity (Wildman–Crippen MR) is 100 cm³/mol. The number of ether oxygens (including phenoxy) is 1. The molecule has 0 radical (unpaired) electrons. The largest absolute Gasteiger partial charge is 0.462 e. The minimum Gasteiger partial charge on any atom is -0.462 e. The monoisotopic (exact) mass is 392 g/mol. The van der Waals surface area contributed by atoms with Crippen molar-refractivity contribution < 1.29 is 22.7 Å². The molecule has 0 aliphatic rings. The van der Waals surface area contributed by atoms with E-state index in [0.717, 1.165) is 0 Å². The number of H-pyrrole nitrogens is 1. The van der Waals surface area contributed by atoms with Gasteiger partial charge in [0.1, 0.15) is 0 Å². The SMILES string of the molecule is CCOC(=O)c1ccccc1S(=O)(=O)c1c(CCC(=O)N(C)C)c[nH]c1C. The number of nitrogens with one attached hydrogen (secondary N) is 1. The molecule has 1 amide bonds. The van der Waals surface area contributed by atoms with Crippen molar-refractivity contribution in [2.24, 2.45) is 0 Å². The highest BCUT2D eigenvalue weighted by Gasteiger charge is 2.29. The van der Waals surface area contributed by atoms with Crippen molar-refractivity contribution in [3.05, 3.63) is 47.3 Å². The number of rotatable bonds is 7. The Hall–Kier alpha value is -2.61. The normalized spacial score (nSPS) is 11.3. The van der Waals surface area contributed by atoms with Crippen molar-refractivity contribution in [2.45, 2.75) is 36.5 Å². The minimum absolute atomic E-state index is 0.00438. The van der Waals surface area contributed by atoms with Gasteiger partial charge in [-0.3, -0.25) is 4.79 Å². The first kappa shape index (κ1) is 20.7. The van der Waals surface area contributed by atoms with Gasteiger partial charge in [0.2, 0.25) is 15.7 Å². The van der Waals surface area contributed by atoms with E-state index >= 15 is 0 Å². The molecule has 1 heterocycles. The van der Waals surface area contributed by atoms with Crippen LogP contribution in [0.15, 0.2) is 40.3 Å². The standard InChI is InChI=1S/C19H24N2O5S/c1-5-26-19(23)15-8-6-7-9-16(15)27(24,25)18-13(2)20-12-14(18)10-11-17(22)21(3)4/h6-9,12,20H,5,10-11H2,1-4H3. The Morgan fingerprint density at radius 1 is 1.19 bits per heavy atom. The number of aromatic amines is 1. The molecule has 0 fully saturated rings. The van der Waals surface area contributed by atoms with E-state index in [0.29, 0.717) is 11.3 Å². The summed E-state index contributed by atoms with van der Waals surface area (Å²) in [5.74, 6) is -0.779. The summed E-state index contributed by atoms with van der Waals surface area (Å²) in [6.45, 7) is 3.45. The van der Waals surface area contributed by atoms with E-state index in [1.165, 1.54) is 17.0 Å². The number of benzene rings is 1. The number of hydrogen-bond donors (Lipinski definition) is 1. The maximum Gasteiger partial charge on any atom is 0.339 e. The van der Waals surface area contributed by atoms with E-state index in [9.17, 15) is 18.0 Å². The van der Waals surface area contributed by atoms with E-state index in [2.05, 4.69) is 4.98 Å². The highest BCUT2D eigenvalue weighted by atomic mass is 32.2. The van der Waals surface area contributed by atoms with Gasteiger partial charge in [-0.2, -0.15) is 0 Å². The van der Waals surface area contributed by atoms with Crippen LogP contribution in [0.1, 0.15) is 35.0 Å². The lowest BCUT2D eigenvalue weighted by atomic mass is 10.1. The molecule has 7 nitrogen and oxygen atoms in total. The van der Waals surface area contributed by atoms with Gasteiger partial charge in [-0.1, -0.05) is 12.1 Å². The number of carbonyl (C=O) groups is 2. The third-order valence-corrected chi connectivity index (χ3v) is 6.18. The van der Waals surface area contributed by atoms with Crippen molar-refractivity contribution in [1.82, 2.24) is 9.88 Å². The molecule has 1 aromatic carbocycles. The van der Waals surface area contributed by atoms with Crippen molar-refractivity contribution in [2.75, 3.05) is 20.7 Å². The first-order valence-corrected chi connectivity index (χ1v) is 10.1. The van der Waals surface area contributed by atoms with Crippen molar-refractivity contribution >= 4 is 21.7 Å². The van der Waals surface area contributed by atoms with E-state index in [1.54, 1.807) is 46.3 Å². The summed E-state index contributed by atoms with van der Waals surface area (Å²) in [4.78, 5) is 28.5. The Morgan fingerprint density at radius 3 is 2.48 bits per heavy atom. The number of aromatic nitrogens is 1. The summed E-state index contributed by atoms with van der Waals surface area (Å²) in [6, 6.07) is 5.98. The number of hydrogen-bond acceptors (Lipinski definition) is 5. The third kappa shape index (κ3) is 4.39. The summed E-state index contributed by atoms with van der Waals surface area (Å²) in [5, 5.41) is 0. The van der Waals surface area contributed by atoms with Crippen molar-refractivity contribution in [1.29, 1.82) is 0 Å². The smallest absolute Gasteiger partial charge is 0.339 e. The molecule has 2 rings (SSSR count). The second kappa shape index (κ2) is 8.39. The van der Waals surface area contributed by atoms with Crippen LogP contribution in [-0.2, 0) is 25.8 Å². The molecule has 146 valence electrons. The molecule has 0 saturated heterocycles. The van der Waals surface area contributed by atoms with Crippen LogP contribution < -0.4 is 0 Å².